The molecule has 2 bridgehead atoms. The summed E-state index contributed by atoms with van der Waals surface area (Å²) in [5, 5.41) is 10.6. The van der Waals surface area contributed by atoms with Crippen LogP contribution in [0.4, 0.5) is 0 Å². The van der Waals surface area contributed by atoms with E-state index in [1.165, 1.54) is 6.42 Å². The number of hydrogen-bond donors (Lipinski definition) is 1. The number of amides is 3. The first-order valence-electron chi connectivity index (χ1n) is 14.8. The summed E-state index contributed by atoms with van der Waals surface area (Å²) in [6.45, 7) is 8.29. The van der Waals surface area contributed by atoms with Gasteiger partial charge in [0, 0.05) is 36.3 Å². The summed E-state index contributed by atoms with van der Waals surface area (Å²) in [7, 11) is 1.75. The fourth-order valence-electron chi connectivity index (χ4n) is 7.81. The summed E-state index contributed by atoms with van der Waals surface area (Å²) >= 11 is 5.51. The van der Waals surface area contributed by atoms with Crippen LogP contribution in [0.1, 0.15) is 44.1 Å². The maximum atomic E-state index is 14.9. The molecule has 1 aromatic rings. The molecular weight excluding hydrogens is 602 g/mol. The van der Waals surface area contributed by atoms with Crippen LogP contribution in [0.2, 0.25) is 0 Å². The highest BCUT2D eigenvalue weighted by molar-refractivity contribution is 9.09. The molecule has 1 N–H and O–H groups in total. The topological polar surface area (TPSA) is 81.2 Å². The molecular formula is C32H42BrN3O4S. The fraction of sp³-hybridized carbons (Fsp3) is 0.594. The standard InChI is InChI=1S/C32H42BrN3O4S/c1-4-16-34(3)29(38)25-26-30(39)36(23(20-37)18-21-12-8-6-9-13-21)28(32(26)19-24(33)27(25)41-32)31(40)35(17-5-2)22-14-10-7-11-15-22/h4-6,8-9,12-13,22-28,37H,1-2,7,10-11,14-20H2,3H3/t23-,24?,25-,26+,27-,28?,32?/m1/s1. The first-order valence-corrected chi connectivity index (χ1v) is 16.6. The monoisotopic (exact) mass is 643 g/mol. The lowest BCUT2D eigenvalue weighted by atomic mass is 9.70. The Kier molecular flexibility index (Phi) is 9.36. The summed E-state index contributed by atoms with van der Waals surface area (Å²) in [6, 6.07) is 8.55. The Labute approximate surface area is 256 Å². The Bertz CT molecular complexity index is 1160. The van der Waals surface area contributed by atoms with Crippen molar-refractivity contribution in [3.8, 4) is 0 Å². The van der Waals surface area contributed by atoms with Gasteiger partial charge in [0.15, 0.2) is 0 Å². The number of nitrogens with zero attached hydrogens (tertiary/aromatic N) is 3. The molecule has 4 fully saturated rings. The number of likely N-dealkylation sites (N-methyl/N-ethyl adjacent to an activating group) is 1. The highest BCUT2D eigenvalue weighted by Crippen LogP contribution is 2.68. The lowest BCUT2D eigenvalue weighted by Crippen LogP contribution is -2.60. The highest BCUT2D eigenvalue weighted by Gasteiger charge is 2.76. The number of thioether (sulfide) groups is 1. The van der Waals surface area contributed by atoms with E-state index in [2.05, 4.69) is 29.1 Å². The van der Waals surface area contributed by atoms with Crippen LogP contribution >= 0.6 is 27.7 Å². The van der Waals surface area contributed by atoms with E-state index < -0.39 is 28.7 Å². The minimum absolute atomic E-state index is 0.00196. The van der Waals surface area contributed by atoms with Gasteiger partial charge in [-0.1, -0.05) is 77.7 Å². The molecule has 1 aromatic carbocycles. The molecule has 3 amide bonds. The van der Waals surface area contributed by atoms with Gasteiger partial charge in [-0.15, -0.1) is 24.9 Å². The number of alkyl halides is 1. The minimum atomic E-state index is -0.764. The molecule has 1 saturated carbocycles. The number of hydrogen-bond acceptors (Lipinski definition) is 5. The Morgan fingerprint density at radius 3 is 2.46 bits per heavy atom. The minimum Gasteiger partial charge on any atom is -0.394 e. The van der Waals surface area contributed by atoms with Gasteiger partial charge >= 0.3 is 0 Å². The van der Waals surface area contributed by atoms with Gasteiger partial charge in [-0.05, 0) is 31.2 Å². The molecule has 4 aliphatic rings. The number of fused-ring (bicyclic) bond motifs is 1. The van der Waals surface area contributed by atoms with E-state index in [9.17, 15) is 19.5 Å². The molecule has 7 nitrogen and oxygen atoms in total. The van der Waals surface area contributed by atoms with Crippen molar-refractivity contribution in [2.75, 3.05) is 26.7 Å². The van der Waals surface area contributed by atoms with E-state index in [4.69, 9.17) is 0 Å². The van der Waals surface area contributed by atoms with Crippen LogP contribution in [-0.2, 0) is 20.8 Å². The number of rotatable bonds is 11. The number of carbonyl (C=O) groups is 3. The Morgan fingerprint density at radius 1 is 1.15 bits per heavy atom. The molecule has 3 heterocycles. The average Bonchev–Trinajstić information content (AvgIpc) is 3.58. The van der Waals surface area contributed by atoms with E-state index in [1.807, 2.05) is 35.2 Å². The Hall–Kier alpha value is -2.10. The first kappa shape index (κ1) is 30.4. The van der Waals surface area contributed by atoms with Gasteiger partial charge in [0.1, 0.15) is 6.04 Å². The van der Waals surface area contributed by atoms with Crippen LogP contribution < -0.4 is 0 Å². The van der Waals surface area contributed by atoms with Gasteiger partial charge < -0.3 is 19.8 Å². The number of likely N-dealkylation sites (tertiary alicyclic amines) is 1. The molecule has 222 valence electrons. The van der Waals surface area contributed by atoms with Crippen molar-refractivity contribution in [1.82, 2.24) is 14.7 Å². The average molecular weight is 645 g/mol. The quantitative estimate of drug-likeness (QED) is 0.291. The summed E-state index contributed by atoms with van der Waals surface area (Å²) in [6.07, 6.45) is 9.72. The van der Waals surface area contributed by atoms with E-state index >= 15 is 0 Å². The fourth-order valence-corrected chi connectivity index (χ4v) is 11.4. The number of halogens is 1. The van der Waals surface area contributed by atoms with E-state index in [1.54, 1.807) is 40.8 Å². The summed E-state index contributed by atoms with van der Waals surface area (Å²) in [4.78, 5) is 48.7. The molecule has 3 aliphatic heterocycles. The third-order valence-corrected chi connectivity index (χ3v) is 12.8. The third-order valence-electron chi connectivity index (χ3n) is 9.57. The van der Waals surface area contributed by atoms with Crippen LogP contribution in [0.25, 0.3) is 0 Å². The second kappa shape index (κ2) is 12.6. The molecule has 0 radical (unpaired) electrons. The van der Waals surface area contributed by atoms with Crippen molar-refractivity contribution in [3.05, 3.63) is 61.2 Å². The Balaban J connectivity index is 1.59. The predicted octanol–water partition coefficient (Wildman–Crippen LogP) is 4.05. The zero-order valence-electron chi connectivity index (χ0n) is 23.9. The van der Waals surface area contributed by atoms with E-state index in [0.717, 1.165) is 31.2 Å². The maximum Gasteiger partial charge on any atom is 0.247 e. The smallest absolute Gasteiger partial charge is 0.247 e. The number of carbonyl (C=O) groups excluding carboxylic acids is 3. The zero-order chi connectivity index (χ0) is 29.3. The molecule has 3 saturated heterocycles. The number of benzene rings is 1. The summed E-state index contributed by atoms with van der Waals surface area (Å²) in [5.41, 5.74) is 0.990. The predicted molar refractivity (Wildman–Crippen MR) is 167 cm³/mol. The molecule has 3 unspecified atom stereocenters. The van der Waals surface area contributed by atoms with Gasteiger partial charge in [-0.2, -0.15) is 0 Å². The highest BCUT2D eigenvalue weighted by atomic mass is 79.9. The van der Waals surface area contributed by atoms with Crippen molar-refractivity contribution in [2.24, 2.45) is 11.8 Å². The molecule has 41 heavy (non-hydrogen) atoms. The number of aliphatic hydroxyl groups is 1. The largest absolute Gasteiger partial charge is 0.394 e. The Morgan fingerprint density at radius 2 is 1.83 bits per heavy atom. The zero-order valence-corrected chi connectivity index (χ0v) is 26.3. The van der Waals surface area contributed by atoms with Crippen molar-refractivity contribution in [1.29, 1.82) is 0 Å². The lowest BCUT2D eigenvalue weighted by molar-refractivity contribution is -0.147. The lowest BCUT2D eigenvalue weighted by Gasteiger charge is -2.42. The normalized spacial score (nSPS) is 31.5. The van der Waals surface area contributed by atoms with Gasteiger partial charge in [0.05, 0.1) is 29.2 Å². The van der Waals surface area contributed by atoms with E-state index in [-0.39, 0.29) is 40.4 Å². The summed E-state index contributed by atoms with van der Waals surface area (Å²) in [5.74, 6) is -1.50. The van der Waals surface area contributed by atoms with Crippen molar-refractivity contribution in [3.63, 3.8) is 0 Å². The van der Waals surface area contributed by atoms with Crippen molar-refractivity contribution < 1.29 is 19.5 Å². The van der Waals surface area contributed by atoms with Crippen molar-refractivity contribution >= 4 is 45.4 Å². The third kappa shape index (κ3) is 5.31. The van der Waals surface area contributed by atoms with Gasteiger partial charge in [0.2, 0.25) is 17.7 Å². The van der Waals surface area contributed by atoms with Crippen LogP contribution in [0.5, 0.6) is 0 Å². The van der Waals surface area contributed by atoms with Gasteiger partial charge in [-0.25, -0.2) is 0 Å². The summed E-state index contributed by atoms with van der Waals surface area (Å²) < 4.78 is -0.749. The molecule has 1 aliphatic carbocycles. The van der Waals surface area contributed by atoms with Crippen LogP contribution in [-0.4, -0.2) is 97.2 Å². The maximum absolute atomic E-state index is 14.9. The SMILES string of the molecule is C=CCN(C)C(=O)[C@H]1[C@@H]2SC3(CC2Br)C(C(=O)N(CC=C)C2CCCCC2)N([C@@H](CO)Cc2ccccc2)C(=O)[C@H]13. The molecule has 7 atom stereocenters. The van der Waals surface area contributed by atoms with Gasteiger partial charge in [-0.3, -0.25) is 14.4 Å². The van der Waals surface area contributed by atoms with Crippen LogP contribution in [0.3, 0.4) is 0 Å². The molecule has 9 heteroatoms. The second-order valence-corrected chi connectivity index (χ2v) is 14.7. The number of aliphatic hydroxyl groups excluding tert-OH is 1. The van der Waals surface area contributed by atoms with E-state index in [0.29, 0.717) is 25.9 Å². The van der Waals surface area contributed by atoms with Crippen LogP contribution in [0, 0.1) is 11.8 Å². The molecule has 1 spiro atoms. The first-order chi connectivity index (χ1) is 19.8. The van der Waals surface area contributed by atoms with Crippen molar-refractivity contribution in [2.45, 2.75) is 77.9 Å². The van der Waals surface area contributed by atoms with Crippen LogP contribution in [0.15, 0.2) is 55.6 Å². The van der Waals surface area contributed by atoms with Gasteiger partial charge in [0.25, 0.3) is 0 Å². The molecule has 5 rings (SSSR count). The molecule has 0 aromatic heterocycles. The second-order valence-electron chi connectivity index (χ2n) is 12.0.